The molecule has 6 heteroatoms. The summed E-state index contributed by atoms with van der Waals surface area (Å²) >= 11 is 1.36. The Bertz CT molecular complexity index is 926. The Balaban J connectivity index is 1.61. The van der Waals surface area contributed by atoms with Crippen LogP contribution in [0.5, 0.6) is 0 Å². The number of carbonyl (C=O) groups is 1. The number of anilines is 1. The van der Waals surface area contributed by atoms with Crippen LogP contribution < -0.4 is 5.32 Å². The van der Waals surface area contributed by atoms with E-state index in [1.54, 1.807) is 0 Å². The predicted octanol–water partition coefficient (Wildman–Crippen LogP) is 3.76. The first kappa shape index (κ1) is 15.7. The summed E-state index contributed by atoms with van der Waals surface area (Å²) in [5, 5.41) is 17.1. The highest BCUT2D eigenvalue weighted by molar-refractivity contribution is 7.23. The van der Waals surface area contributed by atoms with Gasteiger partial charge < -0.3 is 10.2 Å². The molecular weight excluding hydrogens is 322 g/mol. The highest BCUT2D eigenvalue weighted by Crippen LogP contribution is 2.34. The monoisotopic (exact) mass is 335 g/mol. The van der Waals surface area contributed by atoms with E-state index < -0.39 is 0 Å². The zero-order valence-corrected chi connectivity index (χ0v) is 13.4. The molecule has 3 aromatic rings. The zero-order chi connectivity index (χ0) is 16.8. The molecule has 0 spiro atoms. The molecule has 24 heavy (non-hydrogen) atoms. The van der Waals surface area contributed by atoms with E-state index in [2.05, 4.69) is 16.5 Å². The molecule has 1 aromatic heterocycles. The molecule has 118 valence electrons. The van der Waals surface area contributed by atoms with Crippen molar-refractivity contribution in [1.29, 1.82) is 5.26 Å². The van der Waals surface area contributed by atoms with Crippen LogP contribution in [0.4, 0.5) is 5.00 Å². The molecule has 0 aliphatic heterocycles. The van der Waals surface area contributed by atoms with E-state index in [1.807, 2.05) is 54.6 Å². The van der Waals surface area contributed by atoms with Crippen molar-refractivity contribution in [2.75, 3.05) is 11.9 Å². The second-order valence-corrected chi connectivity index (χ2v) is 5.93. The van der Waals surface area contributed by atoms with E-state index >= 15 is 0 Å². The summed E-state index contributed by atoms with van der Waals surface area (Å²) < 4.78 is 0.951. The first-order valence-electron chi connectivity index (χ1n) is 7.20. The van der Waals surface area contributed by atoms with Gasteiger partial charge in [-0.05, 0) is 11.6 Å². The van der Waals surface area contributed by atoms with Crippen molar-refractivity contribution in [2.24, 2.45) is 5.16 Å². The third-order valence-corrected chi connectivity index (χ3v) is 4.32. The average molecular weight is 335 g/mol. The van der Waals surface area contributed by atoms with Gasteiger partial charge in [0.15, 0.2) is 6.61 Å². The van der Waals surface area contributed by atoms with E-state index in [-0.39, 0.29) is 12.5 Å². The Hall–Kier alpha value is -3.17. The Kier molecular flexibility index (Phi) is 4.84. The molecule has 0 saturated carbocycles. The molecule has 1 amide bonds. The number of oxime groups is 1. The molecule has 0 atom stereocenters. The summed E-state index contributed by atoms with van der Waals surface area (Å²) in [5.74, 6) is -0.358. The lowest BCUT2D eigenvalue weighted by atomic mass is 10.2. The lowest BCUT2D eigenvalue weighted by Gasteiger charge is -2.02. The molecule has 1 heterocycles. The maximum Gasteiger partial charge on any atom is 0.265 e. The quantitative estimate of drug-likeness (QED) is 0.570. The van der Waals surface area contributed by atoms with Gasteiger partial charge >= 0.3 is 0 Å². The number of nitriles is 1. The molecule has 0 fully saturated rings. The van der Waals surface area contributed by atoms with Crippen LogP contribution in [0.15, 0.2) is 59.8 Å². The van der Waals surface area contributed by atoms with Crippen molar-refractivity contribution in [3.63, 3.8) is 0 Å². The minimum absolute atomic E-state index is 0.220. The van der Waals surface area contributed by atoms with Gasteiger partial charge in [-0.3, -0.25) is 4.79 Å². The fourth-order valence-electron chi connectivity index (χ4n) is 2.14. The highest BCUT2D eigenvalue weighted by atomic mass is 32.1. The number of rotatable bonds is 5. The largest absolute Gasteiger partial charge is 0.386 e. The van der Waals surface area contributed by atoms with Crippen LogP contribution in [0, 0.1) is 11.3 Å². The van der Waals surface area contributed by atoms with Crippen LogP contribution in [0.25, 0.3) is 10.1 Å². The van der Waals surface area contributed by atoms with Crippen molar-refractivity contribution in [3.05, 3.63) is 65.7 Å². The molecule has 3 rings (SSSR count). The standard InChI is InChI=1S/C18H13N3O2S/c19-10-15-14-8-4-5-9-16(14)24-18(15)21-17(22)12-23-20-11-13-6-2-1-3-7-13/h1-9,11H,12H2,(H,21,22)/b20-11+. The van der Waals surface area contributed by atoms with Gasteiger partial charge in [-0.15, -0.1) is 11.3 Å². The lowest BCUT2D eigenvalue weighted by Crippen LogP contribution is -2.16. The molecule has 0 radical (unpaired) electrons. The number of hydrogen-bond acceptors (Lipinski definition) is 5. The zero-order valence-electron chi connectivity index (χ0n) is 12.6. The molecule has 0 saturated heterocycles. The minimum atomic E-state index is -0.358. The number of nitrogens with one attached hydrogen (secondary N) is 1. The highest BCUT2D eigenvalue weighted by Gasteiger charge is 2.14. The Morgan fingerprint density at radius 2 is 1.96 bits per heavy atom. The lowest BCUT2D eigenvalue weighted by molar-refractivity contribution is -0.120. The van der Waals surface area contributed by atoms with Crippen LogP contribution in [0.2, 0.25) is 0 Å². The minimum Gasteiger partial charge on any atom is -0.386 e. The molecule has 0 bridgehead atoms. The van der Waals surface area contributed by atoms with E-state index in [1.165, 1.54) is 17.6 Å². The molecule has 0 aliphatic carbocycles. The number of fused-ring (bicyclic) bond motifs is 1. The third kappa shape index (κ3) is 3.59. The number of hydrogen-bond donors (Lipinski definition) is 1. The van der Waals surface area contributed by atoms with E-state index in [9.17, 15) is 10.1 Å². The Morgan fingerprint density at radius 3 is 2.75 bits per heavy atom. The average Bonchev–Trinajstić information content (AvgIpc) is 2.96. The molecule has 5 nitrogen and oxygen atoms in total. The maximum atomic E-state index is 12.0. The molecule has 2 aromatic carbocycles. The topological polar surface area (TPSA) is 74.5 Å². The van der Waals surface area contributed by atoms with Gasteiger partial charge in [0.05, 0.1) is 11.8 Å². The fourth-order valence-corrected chi connectivity index (χ4v) is 3.21. The first-order chi connectivity index (χ1) is 11.8. The van der Waals surface area contributed by atoms with Gasteiger partial charge in [-0.25, -0.2) is 0 Å². The van der Waals surface area contributed by atoms with Crippen molar-refractivity contribution >= 4 is 38.5 Å². The number of thiophene rings is 1. The van der Waals surface area contributed by atoms with Gasteiger partial charge in [-0.1, -0.05) is 53.7 Å². The summed E-state index contributed by atoms with van der Waals surface area (Å²) in [6.45, 7) is -0.220. The number of amides is 1. The Morgan fingerprint density at radius 1 is 1.21 bits per heavy atom. The smallest absolute Gasteiger partial charge is 0.265 e. The van der Waals surface area contributed by atoms with Crippen LogP contribution in [-0.2, 0) is 9.63 Å². The molecular formula is C18H13N3O2S. The Labute approximate surface area is 142 Å². The van der Waals surface area contributed by atoms with Gasteiger partial charge in [0, 0.05) is 10.1 Å². The summed E-state index contributed by atoms with van der Waals surface area (Å²) in [7, 11) is 0. The fraction of sp³-hybridized carbons (Fsp3) is 0.0556. The molecule has 0 aliphatic rings. The van der Waals surface area contributed by atoms with E-state index in [4.69, 9.17) is 4.84 Å². The van der Waals surface area contributed by atoms with Crippen LogP contribution >= 0.6 is 11.3 Å². The second kappa shape index (κ2) is 7.40. The van der Waals surface area contributed by atoms with Gasteiger partial charge in [0.2, 0.25) is 0 Å². The third-order valence-electron chi connectivity index (χ3n) is 3.23. The second-order valence-electron chi connectivity index (χ2n) is 4.88. The summed E-state index contributed by atoms with van der Waals surface area (Å²) in [4.78, 5) is 17.0. The summed E-state index contributed by atoms with van der Waals surface area (Å²) in [6, 6.07) is 19.1. The van der Waals surface area contributed by atoms with Gasteiger partial charge in [0.1, 0.15) is 11.1 Å². The summed E-state index contributed by atoms with van der Waals surface area (Å²) in [6.07, 6.45) is 1.54. The van der Waals surface area contributed by atoms with Crippen molar-refractivity contribution in [1.82, 2.24) is 0 Å². The van der Waals surface area contributed by atoms with Crippen LogP contribution in [-0.4, -0.2) is 18.7 Å². The normalized spacial score (nSPS) is 10.6. The van der Waals surface area contributed by atoms with Gasteiger partial charge in [-0.2, -0.15) is 5.26 Å². The van der Waals surface area contributed by atoms with E-state index in [0.717, 1.165) is 15.6 Å². The van der Waals surface area contributed by atoms with Crippen molar-refractivity contribution in [2.45, 2.75) is 0 Å². The van der Waals surface area contributed by atoms with Crippen LogP contribution in [0.3, 0.4) is 0 Å². The number of carbonyl (C=O) groups excluding carboxylic acids is 1. The predicted molar refractivity (Wildman–Crippen MR) is 95.2 cm³/mol. The summed E-state index contributed by atoms with van der Waals surface area (Å²) in [5.41, 5.74) is 1.35. The van der Waals surface area contributed by atoms with Crippen LogP contribution in [0.1, 0.15) is 11.1 Å². The molecule has 0 unspecified atom stereocenters. The SMILES string of the molecule is N#Cc1c(NC(=O)CO/N=C/c2ccccc2)sc2ccccc12. The van der Waals surface area contributed by atoms with E-state index in [0.29, 0.717) is 10.6 Å². The van der Waals surface area contributed by atoms with Gasteiger partial charge in [0.25, 0.3) is 5.91 Å². The molecule has 1 N–H and O–H groups in total. The maximum absolute atomic E-state index is 12.0. The number of benzene rings is 2. The van der Waals surface area contributed by atoms with Crippen molar-refractivity contribution in [3.8, 4) is 6.07 Å². The van der Waals surface area contributed by atoms with Crippen molar-refractivity contribution < 1.29 is 9.63 Å². The number of nitrogens with zero attached hydrogens (tertiary/aromatic N) is 2. The first-order valence-corrected chi connectivity index (χ1v) is 8.01.